The minimum atomic E-state index is -2.73. The largest absolute Gasteiger partial charge is 0.519 e. The lowest BCUT2D eigenvalue weighted by Crippen LogP contribution is -2.64. The Balaban J connectivity index is 4.46. The molecular formula is C6H18N2O3Si. The number of nitrogens with two attached hydrogens (primary N) is 2. The van der Waals surface area contributed by atoms with Gasteiger partial charge < -0.3 is 24.7 Å². The zero-order valence-electron chi connectivity index (χ0n) is 8.03. The van der Waals surface area contributed by atoms with Crippen LogP contribution in [-0.4, -0.2) is 41.8 Å². The van der Waals surface area contributed by atoms with Crippen molar-refractivity contribution < 1.29 is 13.3 Å². The summed E-state index contributed by atoms with van der Waals surface area (Å²) in [6.07, 6.45) is 0. The fourth-order valence-corrected chi connectivity index (χ4v) is 2.94. The summed E-state index contributed by atoms with van der Waals surface area (Å²) in [7, 11) is 1.81. The molecule has 2 atom stereocenters. The zero-order valence-corrected chi connectivity index (χ0v) is 9.03. The molecule has 0 heterocycles. The first-order valence-corrected chi connectivity index (χ1v) is 5.51. The summed E-state index contributed by atoms with van der Waals surface area (Å²) in [4.78, 5) is 0. The molecule has 0 spiro atoms. The Morgan fingerprint density at radius 1 is 1.00 bits per heavy atom. The van der Waals surface area contributed by atoms with Crippen LogP contribution in [0.15, 0.2) is 0 Å². The summed E-state index contributed by atoms with van der Waals surface area (Å²) < 4.78 is 15.4. The smallest absolute Gasteiger partial charge is 0.376 e. The molecule has 0 aliphatic carbocycles. The van der Waals surface area contributed by atoms with Crippen LogP contribution in [0.3, 0.4) is 0 Å². The first kappa shape index (κ1) is 12.0. The van der Waals surface area contributed by atoms with Crippen molar-refractivity contribution in [2.75, 3.05) is 21.3 Å². The molecule has 0 radical (unpaired) electrons. The van der Waals surface area contributed by atoms with Gasteiger partial charge in [-0.15, -0.1) is 0 Å². The van der Waals surface area contributed by atoms with E-state index in [-0.39, 0.29) is 6.04 Å². The molecule has 74 valence electrons. The van der Waals surface area contributed by atoms with Gasteiger partial charge in [0.15, 0.2) is 0 Å². The molecule has 0 aliphatic rings. The van der Waals surface area contributed by atoms with E-state index in [0.29, 0.717) is 0 Å². The van der Waals surface area contributed by atoms with Crippen LogP contribution in [0.1, 0.15) is 6.92 Å². The molecule has 6 heteroatoms. The van der Waals surface area contributed by atoms with E-state index in [1.165, 1.54) is 21.3 Å². The van der Waals surface area contributed by atoms with Crippen molar-refractivity contribution in [1.29, 1.82) is 0 Å². The molecule has 0 aliphatic heterocycles. The van der Waals surface area contributed by atoms with E-state index in [4.69, 9.17) is 24.7 Å². The molecule has 0 aromatic rings. The van der Waals surface area contributed by atoms with Gasteiger partial charge in [0.05, 0.1) is 5.67 Å². The average Bonchev–Trinajstić information content (AvgIpc) is 2.08. The van der Waals surface area contributed by atoms with E-state index in [9.17, 15) is 0 Å². The number of hydrogen-bond acceptors (Lipinski definition) is 5. The monoisotopic (exact) mass is 194 g/mol. The molecule has 5 nitrogen and oxygen atoms in total. The van der Waals surface area contributed by atoms with E-state index < -0.39 is 14.5 Å². The van der Waals surface area contributed by atoms with Crippen LogP contribution < -0.4 is 11.5 Å². The van der Waals surface area contributed by atoms with E-state index in [1.54, 1.807) is 6.92 Å². The lowest BCUT2D eigenvalue weighted by Gasteiger charge is -2.31. The van der Waals surface area contributed by atoms with Crippen LogP contribution in [0.25, 0.3) is 0 Å². The van der Waals surface area contributed by atoms with Crippen molar-refractivity contribution in [3.05, 3.63) is 0 Å². The molecule has 0 saturated carbocycles. The minimum Gasteiger partial charge on any atom is -0.376 e. The first-order chi connectivity index (χ1) is 5.54. The standard InChI is InChI=1S/C6H18N2O3Si/c1-5(7)6(8)12(9-2,10-3)11-4/h5-6H,7-8H2,1-4H3. The van der Waals surface area contributed by atoms with Gasteiger partial charge in [0.25, 0.3) is 0 Å². The summed E-state index contributed by atoms with van der Waals surface area (Å²) in [5, 5.41) is 0. The summed E-state index contributed by atoms with van der Waals surface area (Å²) in [5.41, 5.74) is 11.0. The van der Waals surface area contributed by atoms with Crippen molar-refractivity contribution in [3.8, 4) is 0 Å². The molecule has 0 rings (SSSR count). The molecule has 0 saturated heterocycles. The second-order valence-electron chi connectivity index (χ2n) is 2.60. The van der Waals surface area contributed by atoms with Gasteiger partial charge in [-0.2, -0.15) is 0 Å². The Kier molecular flexibility index (Phi) is 4.91. The predicted octanol–water partition coefficient (Wildman–Crippen LogP) is -0.922. The lowest BCUT2D eigenvalue weighted by molar-refractivity contribution is 0.110. The first-order valence-electron chi connectivity index (χ1n) is 3.70. The van der Waals surface area contributed by atoms with Crippen LogP contribution in [0.2, 0.25) is 0 Å². The van der Waals surface area contributed by atoms with E-state index in [0.717, 1.165) is 0 Å². The highest BCUT2D eigenvalue weighted by atomic mass is 28.4. The summed E-state index contributed by atoms with van der Waals surface area (Å²) in [6, 6.07) is -0.212. The fourth-order valence-electron chi connectivity index (χ4n) is 0.980. The van der Waals surface area contributed by atoms with Gasteiger partial charge in [-0.25, -0.2) is 0 Å². The van der Waals surface area contributed by atoms with Crippen LogP contribution in [0.4, 0.5) is 0 Å². The second kappa shape index (κ2) is 4.90. The van der Waals surface area contributed by atoms with Gasteiger partial charge in [0.1, 0.15) is 0 Å². The number of rotatable bonds is 5. The molecule has 0 fully saturated rings. The minimum absolute atomic E-state index is 0.212. The van der Waals surface area contributed by atoms with E-state index >= 15 is 0 Å². The van der Waals surface area contributed by atoms with Crippen molar-refractivity contribution in [2.24, 2.45) is 11.5 Å². The van der Waals surface area contributed by atoms with Crippen LogP contribution in [0, 0.1) is 0 Å². The highest BCUT2D eigenvalue weighted by Crippen LogP contribution is 2.11. The maximum Gasteiger partial charge on any atom is 0.519 e. The maximum absolute atomic E-state index is 5.79. The molecule has 12 heavy (non-hydrogen) atoms. The number of hydrogen-bond donors (Lipinski definition) is 2. The molecule has 0 aromatic heterocycles. The maximum atomic E-state index is 5.79. The van der Waals surface area contributed by atoms with Crippen LogP contribution >= 0.6 is 0 Å². The molecule has 2 unspecified atom stereocenters. The molecule has 0 amide bonds. The Morgan fingerprint density at radius 3 is 1.42 bits per heavy atom. The molecular weight excluding hydrogens is 176 g/mol. The van der Waals surface area contributed by atoms with Crippen molar-refractivity contribution >= 4 is 8.80 Å². The normalized spacial score (nSPS) is 17.5. The Morgan fingerprint density at radius 2 is 1.33 bits per heavy atom. The lowest BCUT2D eigenvalue weighted by atomic mass is 10.4. The third kappa shape index (κ3) is 2.25. The summed E-state index contributed by atoms with van der Waals surface area (Å²) in [6.45, 7) is 1.80. The zero-order chi connectivity index (χ0) is 9.78. The third-order valence-electron chi connectivity index (χ3n) is 1.83. The van der Waals surface area contributed by atoms with Gasteiger partial charge in [-0.1, -0.05) is 0 Å². The highest BCUT2D eigenvalue weighted by Gasteiger charge is 2.47. The fraction of sp³-hybridized carbons (Fsp3) is 1.00. The third-order valence-corrected chi connectivity index (χ3v) is 4.88. The van der Waals surface area contributed by atoms with Gasteiger partial charge in [0.2, 0.25) is 0 Å². The Hall–Kier alpha value is 0.0169. The Bertz CT molecular complexity index is 122. The van der Waals surface area contributed by atoms with Crippen molar-refractivity contribution in [1.82, 2.24) is 0 Å². The quantitative estimate of drug-likeness (QED) is 0.553. The van der Waals surface area contributed by atoms with Gasteiger partial charge in [-0.05, 0) is 6.92 Å². The molecule has 0 bridgehead atoms. The SMILES string of the molecule is CO[Si](OC)(OC)C(N)C(C)N. The molecule has 0 aromatic carbocycles. The van der Waals surface area contributed by atoms with Crippen LogP contribution in [0.5, 0.6) is 0 Å². The Labute approximate surface area is 74.3 Å². The predicted molar refractivity (Wildman–Crippen MR) is 48.4 cm³/mol. The van der Waals surface area contributed by atoms with Crippen LogP contribution in [-0.2, 0) is 13.3 Å². The van der Waals surface area contributed by atoms with E-state index in [2.05, 4.69) is 0 Å². The summed E-state index contributed by atoms with van der Waals surface area (Å²) >= 11 is 0. The van der Waals surface area contributed by atoms with Gasteiger partial charge >= 0.3 is 8.80 Å². The molecule has 4 N–H and O–H groups in total. The highest BCUT2D eigenvalue weighted by molar-refractivity contribution is 6.62. The summed E-state index contributed by atoms with van der Waals surface area (Å²) in [5.74, 6) is 0. The van der Waals surface area contributed by atoms with Crippen molar-refractivity contribution in [3.63, 3.8) is 0 Å². The van der Waals surface area contributed by atoms with Crippen molar-refractivity contribution in [2.45, 2.75) is 18.6 Å². The second-order valence-corrected chi connectivity index (χ2v) is 5.70. The van der Waals surface area contributed by atoms with E-state index in [1.807, 2.05) is 0 Å². The van der Waals surface area contributed by atoms with Gasteiger partial charge in [0, 0.05) is 27.4 Å². The van der Waals surface area contributed by atoms with Gasteiger partial charge in [-0.3, -0.25) is 0 Å². The topological polar surface area (TPSA) is 79.7 Å². The average molecular weight is 194 g/mol.